The first-order chi connectivity index (χ1) is 11.2. The summed E-state index contributed by atoms with van der Waals surface area (Å²) in [6, 6.07) is 7.56. The molecule has 2 aliphatic heterocycles. The van der Waals surface area contributed by atoms with Crippen molar-refractivity contribution in [2.24, 2.45) is 5.92 Å². The lowest BCUT2D eigenvalue weighted by Gasteiger charge is -2.29. The van der Waals surface area contributed by atoms with Gasteiger partial charge in [-0.15, -0.1) is 0 Å². The summed E-state index contributed by atoms with van der Waals surface area (Å²) in [7, 11) is 1.63. The molecule has 0 spiro atoms. The van der Waals surface area contributed by atoms with Crippen molar-refractivity contribution in [3.8, 4) is 5.75 Å². The molecule has 2 saturated heterocycles. The smallest absolute Gasteiger partial charge is 0.228 e. The van der Waals surface area contributed by atoms with Crippen molar-refractivity contribution in [1.82, 2.24) is 9.80 Å². The van der Waals surface area contributed by atoms with Gasteiger partial charge in [0, 0.05) is 26.1 Å². The number of rotatable bonds is 4. The fourth-order valence-corrected chi connectivity index (χ4v) is 3.77. The second-order valence-corrected chi connectivity index (χ2v) is 6.24. The minimum Gasteiger partial charge on any atom is -0.497 e. The zero-order valence-corrected chi connectivity index (χ0v) is 13.8. The molecule has 5 nitrogen and oxygen atoms in total. The number of benzene rings is 1. The van der Waals surface area contributed by atoms with Crippen molar-refractivity contribution < 1.29 is 14.3 Å². The third-order valence-corrected chi connectivity index (χ3v) is 4.96. The number of carbonyl (C=O) groups excluding carboxylic acids is 2. The van der Waals surface area contributed by atoms with E-state index in [9.17, 15) is 9.59 Å². The highest BCUT2D eigenvalue weighted by Crippen LogP contribution is 2.39. The molecule has 0 radical (unpaired) electrons. The molecule has 2 atom stereocenters. The van der Waals surface area contributed by atoms with Crippen LogP contribution in [0.25, 0.3) is 0 Å². The second kappa shape index (κ2) is 6.60. The van der Waals surface area contributed by atoms with Crippen molar-refractivity contribution in [2.75, 3.05) is 26.7 Å². The minimum atomic E-state index is -0.269. The van der Waals surface area contributed by atoms with Crippen molar-refractivity contribution in [3.05, 3.63) is 29.8 Å². The highest BCUT2D eigenvalue weighted by molar-refractivity contribution is 5.90. The lowest BCUT2D eigenvalue weighted by atomic mass is 9.92. The first-order valence-electron chi connectivity index (χ1n) is 8.38. The van der Waals surface area contributed by atoms with Crippen molar-refractivity contribution in [2.45, 2.75) is 32.2 Å². The quantitative estimate of drug-likeness (QED) is 0.856. The summed E-state index contributed by atoms with van der Waals surface area (Å²) >= 11 is 0. The fourth-order valence-electron chi connectivity index (χ4n) is 3.77. The summed E-state index contributed by atoms with van der Waals surface area (Å²) in [5.74, 6) is 0.718. The summed E-state index contributed by atoms with van der Waals surface area (Å²) < 4.78 is 5.21. The van der Waals surface area contributed by atoms with Gasteiger partial charge in [0.2, 0.25) is 11.8 Å². The maximum absolute atomic E-state index is 12.9. The highest BCUT2D eigenvalue weighted by Gasteiger charge is 2.45. The number of likely N-dealkylation sites (tertiary alicyclic amines) is 2. The molecule has 0 aliphatic carbocycles. The number of amides is 2. The van der Waals surface area contributed by atoms with E-state index in [2.05, 4.69) is 0 Å². The topological polar surface area (TPSA) is 49.9 Å². The van der Waals surface area contributed by atoms with Crippen LogP contribution in [0.4, 0.5) is 0 Å². The lowest BCUT2D eigenvalue weighted by Crippen LogP contribution is -2.37. The van der Waals surface area contributed by atoms with E-state index in [1.54, 1.807) is 7.11 Å². The van der Waals surface area contributed by atoms with Crippen LogP contribution in [0, 0.1) is 5.92 Å². The van der Waals surface area contributed by atoms with Gasteiger partial charge < -0.3 is 14.5 Å². The molecule has 2 aliphatic rings. The van der Waals surface area contributed by atoms with Gasteiger partial charge in [-0.3, -0.25) is 9.59 Å². The summed E-state index contributed by atoms with van der Waals surface area (Å²) in [6.07, 6.45) is 2.45. The van der Waals surface area contributed by atoms with Crippen molar-refractivity contribution in [1.29, 1.82) is 0 Å². The van der Waals surface area contributed by atoms with E-state index in [0.717, 1.165) is 37.2 Å². The van der Waals surface area contributed by atoms with Crippen LogP contribution in [0.2, 0.25) is 0 Å². The first kappa shape index (κ1) is 15.8. The zero-order chi connectivity index (χ0) is 16.4. The summed E-state index contributed by atoms with van der Waals surface area (Å²) in [4.78, 5) is 29.0. The molecule has 5 heteroatoms. The molecule has 2 amide bonds. The van der Waals surface area contributed by atoms with Crippen LogP contribution in [-0.2, 0) is 9.59 Å². The third-order valence-electron chi connectivity index (χ3n) is 4.96. The van der Waals surface area contributed by atoms with Crippen molar-refractivity contribution in [3.63, 3.8) is 0 Å². The molecule has 0 N–H and O–H groups in total. The molecule has 0 unspecified atom stereocenters. The standard InChI is InChI=1S/C18H24N2O3/c1-3-20-16(21)12-15(18(22)19-10-4-5-11-19)17(20)13-6-8-14(23-2)9-7-13/h6-9,15,17H,3-5,10-12H2,1-2H3/t15-,17+/m1/s1. The Morgan fingerprint density at radius 2 is 1.87 bits per heavy atom. The molecule has 2 fully saturated rings. The molecule has 124 valence electrons. The average molecular weight is 316 g/mol. The number of carbonyl (C=O) groups is 2. The number of ether oxygens (including phenoxy) is 1. The Labute approximate surface area is 137 Å². The molecule has 23 heavy (non-hydrogen) atoms. The monoisotopic (exact) mass is 316 g/mol. The number of methoxy groups -OCH3 is 1. The molecule has 2 heterocycles. The predicted octanol–water partition coefficient (Wildman–Crippen LogP) is 2.23. The molecule has 1 aromatic rings. The maximum atomic E-state index is 12.9. The molecule has 0 aromatic heterocycles. The zero-order valence-electron chi connectivity index (χ0n) is 13.8. The molecular weight excluding hydrogens is 292 g/mol. The molecular formula is C18H24N2O3. The molecule has 0 saturated carbocycles. The van der Waals surface area contributed by atoms with Crippen LogP contribution in [0.3, 0.4) is 0 Å². The van der Waals surface area contributed by atoms with Crippen LogP contribution in [0.1, 0.15) is 37.8 Å². The molecule has 1 aromatic carbocycles. The number of nitrogens with zero attached hydrogens (tertiary/aromatic N) is 2. The Balaban J connectivity index is 1.89. The summed E-state index contributed by atoms with van der Waals surface area (Å²) in [6.45, 7) is 4.24. The summed E-state index contributed by atoms with van der Waals surface area (Å²) in [5, 5.41) is 0. The third kappa shape index (κ3) is 2.92. The van der Waals surface area contributed by atoms with Crippen LogP contribution in [0.15, 0.2) is 24.3 Å². The van der Waals surface area contributed by atoms with Gasteiger partial charge in [0.15, 0.2) is 0 Å². The van der Waals surface area contributed by atoms with Gasteiger partial charge in [0.05, 0.1) is 19.1 Å². The van der Waals surface area contributed by atoms with Crippen LogP contribution >= 0.6 is 0 Å². The maximum Gasteiger partial charge on any atom is 0.228 e. The Morgan fingerprint density at radius 3 is 2.43 bits per heavy atom. The highest BCUT2D eigenvalue weighted by atomic mass is 16.5. The Hall–Kier alpha value is -2.04. The Bertz CT molecular complexity index is 578. The van der Waals surface area contributed by atoms with E-state index < -0.39 is 0 Å². The van der Waals surface area contributed by atoms with Crippen LogP contribution in [-0.4, -0.2) is 48.4 Å². The average Bonchev–Trinajstić information content (AvgIpc) is 3.22. The van der Waals surface area contributed by atoms with Crippen LogP contribution < -0.4 is 4.74 Å². The lowest BCUT2D eigenvalue weighted by molar-refractivity contribution is -0.135. The summed E-state index contributed by atoms with van der Waals surface area (Å²) in [5.41, 5.74) is 1.01. The van der Waals surface area contributed by atoms with Gasteiger partial charge in [-0.25, -0.2) is 0 Å². The second-order valence-electron chi connectivity index (χ2n) is 6.24. The van der Waals surface area contributed by atoms with Gasteiger partial charge in [-0.05, 0) is 37.5 Å². The Kier molecular flexibility index (Phi) is 4.55. The van der Waals surface area contributed by atoms with E-state index in [1.807, 2.05) is 41.0 Å². The predicted molar refractivity (Wildman–Crippen MR) is 87.0 cm³/mol. The van der Waals surface area contributed by atoms with Gasteiger partial charge in [-0.1, -0.05) is 12.1 Å². The van der Waals surface area contributed by atoms with Gasteiger partial charge >= 0.3 is 0 Å². The van der Waals surface area contributed by atoms with E-state index in [4.69, 9.17) is 4.74 Å². The molecule has 3 rings (SSSR count). The van der Waals surface area contributed by atoms with E-state index in [-0.39, 0.29) is 23.8 Å². The van der Waals surface area contributed by atoms with E-state index >= 15 is 0 Å². The normalized spacial score (nSPS) is 24.3. The van der Waals surface area contributed by atoms with Crippen molar-refractivity contribution >= 4 is 11.8 Å². The minimum absolute atomic E-state index is 0.0749. The largest absolute Gasteiger partial charge is 0.497 e. The first-order valence-corrected chi connectivity index (χ1v) is 8.38. The number of hydrogen-bond acceptors (Lipinski definition) is 3. The van der Waals surface area contributed by atoms with Gasteiger partial charge in [0.25, 0.3) is 0 Å². The SMILES string of the molecule is CCN1C(=O)C[C@@H](C(=O)N2CCCC2)[C@@H]1c1ccc(OC)cc1. The van der Waals surface area contributed by atoms with E-state index in [1.165, 1.54) is 0 Å². The number of hydrogen-bond donors (Lipinski definition) is 0. The fraction of sp³-hybridized carbons (Fsp3) is 0.556. The van der Waals surface area contributed by atoms with Gasteiger partial charge in [-0.2, -0.15) is 0 Å². The van der Waals surface area contributed by atoms with Gasteiger partial charge in [0.1, 0.15) is 5.75 Å². The Morgan fingerprint density at radius 1 is 1.22 bits per heavy atom. The van der Waals surface area contributed by atoms with E-state index in [0.29, 0.717) is 13.0 Å². The molecule has 0 bridgehead atoms. The van der Waals surface area contributed by atoms with Crippen LogP contribution in [0.5, 0.6) is 5.75 Å².